The van der Waals surface area contributed by atoms with Gasteiger partial charge in [0.05, 0.1) is 5.52 Å². The lowest BCUT2D eigenvalue weighted by Gasteiger charge is -2.35. The number of nitrogens with one attached hydrogen (secondary N) is 2. The Labute approximate surface area is 128 Å². The summed E-state index contributed by atoms with van der Waals surface area (Å²) in [7, 11) is -1.09. The van der Waals surface area contributed by atoms with Gasteiger partial charge < -0.3 is 4.98 Å². The van der Waals surface area contributed by atoms with Crippen LogP contribution < -0.4 is 5.43 Å². The standard InChI is InChI=1S/C15H19F2N3OSi/c1-22(2)5-3-20(4-6-22)19-15(21)14-9-11-12(17)7-10(16)8-13(11)18-14/h7-9,18H,3-6H2,1-2H3,(H,19,21). The summed E-state index contributed by atoms with van der Waals surface area (Å²) in [6.45, 7) is 6.38. The summed E-state index contributed by atoms with van der Waals surface area (Å²) in [6, 6.07) is 5.70. The lowest BCUT2D eigenvalue weighted by molar-refractivity contribution is 0.0793. The first-order valence-electron chi connectivity index (χ1n) is 7.38. The number of hydrogen-bond acceptors (Lipinski definition) is 2. The zero-order valence-corrected chi connectivity index (χ0v) is 13.7. The third-order valence-corrected chi connectivity index (χ3v) is 7.43. The summed E-state index contributed by atoms with van der Waals surface area (Å²) < 4.78 is 26.9. The third-order valence-electron chi connectivity index (χ3n) is 4.27. The van der Waals surface area contributed by atoms with E-state index in [0.29, 0.717) is 0 Å². The molecule has 1 fully saturated rings. The maximum absolute atomic E-state index is 13.7. The number of benzene rings is 1. The van der Waals surface area contributed by atoms with E-state index < -0.39 is 19.7 Å². The van der Waals surface area contributed by atoms with Gasteiger partial charge >= 0.3 is 0 Å². The molecule has 3 rings (SSSR count). The molecule has 1 aromatic carbocycles. The van der Waals surface area contributed by atoms with Gasteiger partial charge in [-0.15, -0.1) is 0 Å². The van der Waals surface area contributed by atoms with E-state index in [1.807, 2.05) is 5.01 Å². The maximum atomic E-state index is 13.7. The van der Waals surface area contributed by atoms with Crippen molar-refractivity contribution in [2.75, 3.05) is 13.1 Å². The smallest absolute Gasteiger partial charge is 0.282 e. The summed E-state index contributed by atoms with van der Waals surface area (Å²) in [5.41, 5.74) is 3.36. The van der Waals surface area contributed by atoms with Crippen LogP contribution in [0.2, 0.25) is 25.2 Å². The molecule has 0 atom stereocenters. The molecule has 0 saturated carbocycles. The highest BCUT2D eigenvalue weighted by Gasteiger charge is 2.28. The molecule has 2 N–H and O–H groups in total. The van der Waals surface area contributed by atoms with E-state index in [0.717, 1.165) is 31.2 Å². The van der Waals surface area contributed by atoms with Gasteiger partial charge in [-0.3, -0.25) is 10.2 Å². The summed E-state index contributed by atoms with van der Waals surface area (Å²) in [5, 5.41) is 2.13. The summed E-state index contributed by atoms with van der Waals surface area (Å²) in [4.78, 5) is 15.0. The summed E-state index contributed by atoms with van der Waals surface area (Å²) >= 11 is 0. The van der Waals surface area contributed by atoms with Crippen LogP contribution in [0.25, 0.3) is 10.9 Å². The highest BCUT2D eigenvalue weighted by Crippen LogP contribution is 2.22. The predicted octanol–water partition coefficient (Wildman–Crippen LogP) is 3.11. The fraction of sp³-hybridized carbons (Fsp3) is 0.400. The van der Waals surface area contributed by atoms with Crippen molar-refractivity contribution in [1.82, 2.24) is 15.4 Å². The van der Waals surface area contributed by atoms with Gasteiger partial charge in [0.25, 0.3) is 5.91 Å². The van der Waals surface area contributed by atoms with Gasteiger partial charge in [0.1, 0.15) is 17.3 Å². The van der Waals surface area contributed by atoms with Crippen molar-refractivity contribution >= 4 is 24.9 Å². The Balaban J connectivity index is 1.74. The maximum Gasteiger partial charge on any atom is 0.282 e. The minimum absolute atomic E-state index is 0.221. The molecule has 1 saturated heterocycles. The Hall–Kier alpha value is -1.73. The number of carbonyl (C=O) groups excluding carboxylic acids is 1. The minimum atomic E-state index is -1.09. The van der Waals surface area contributed by atoms with Crippen LogP contribution >= 0.6 is 0 Å². The van der Waals surface area contributed by atoms with E-state index in [-0.39, 0.29) is 22.5 Å². The first-order chi connectivity index (χ1) is 10.3. The van der Waals surface area contributed by atoms with Crippen LogP contribution in [0.5, 0.6) is 0 Å². The number of aromatic amines is 1. The first kappa shape index (κ1) is 15.2. The molecule has 1 amide bonds. The van der Waals surface area contributed by atoms with Crippen LogP contribution in [0, 0.1) is 11.6 Å². The van der Waals surface area contributed by atoms with Crippen molar-refractivity contribution in [3.63, 3.8) is 0 Å². The van der Waals surface area contributed by atoms with Gasteiger partial charge in [0.15, 0.2) is 0 Å². The van der Waals surface area contributed by atoms with Crippen molar-refractivity contribution < 1.29 is 13.6 Å². The molecule has 0 unspecified atom stereocenters. The van der Waals surface area contributed by atoms with Crippen LogP contribution in [0.15, 0.2) is 18.2 Å². The summed E-state index contributed by atoms with van der Waals surface area (Å²) in [5.74, 6) is -1.66. The van der Waals surface area contributed by atoms with E-state index in [9.17, 15) is 13.6 Å². The zero-order chi connectivity index (χ0) is 15.9. The van der Waals surface area contributed by atoms with Crippen molar-refractivity contribution in [1.29, 1.82) is 0 Å². The van der Waals surface area contributed by atoms with E-state index in [4.69, 9.17) is 0 Å². The second-order valence-electron chi connectivity index (χ2n) is 6.62. The molecule has 1 aliphatic heterocycles. The van der Waals surface area contributed by atoms with E-state index in [2.05, 4.69) is 23.5 Å². The number of rotatable bonds is 2. The molecule has 0 radical (unpaired) electrons. The number of carbonyl (C=O) groups is 1. The Bertz CT molecular complexity index is 719. The molecule has 0 spiro atoms. The number of halogens is 2. The monoisotopic (exact) mass is 323 g/mol. The minimum Gasteiger partial charge on any atom is -0.350 e. The lowest BCUT2D eigenvalue weighted by Crippen LogP contribution is -2.50. The summed E-state index contributed by atoms with van der Waals surface area (Å²) in [6.07, 6.45) is 0. The number of nitrogens with zero attached hydrogens (tertiary/aromatic N) is 1. The molecular weight excluding hydrogens is 304 g/mol. The van der Waals surface area contributed by atoms with E-state index in [1.165, 1.54) is 12.1 Å². The SMILES string of the molecule is C[Si]1(C)CCN(NC(=O)c2cc3c(F)cc(F)cc3[nH]2)CC1. The van der Waals surface area contributed by atoms with Gasteiger partial charge in [-0.25, -0.2) is 13.8 Å². The fourth-order valence-electron chi connectivity index (χ4n) is 2.71. The fourth-order valence-corrected chi connectivity index (χ4v) is 4.71. The molecule has 118 valence electrons. The molecule has 0 aliphatic carbocycles. The molecule has 2 aromatic rings. The molecule has 7 heteroatoms. The third kappa shape index (κ3) is 3.05. The van der Waals surface area contributed by atoms with Crippen molar-refractivity contribution in [3.8, 4) is 0 Å². The molecule has 2 heterocycles. The Kier molecular flexibility index (Phi) is 3.78. The largest absolute Gasteiger partial charge is 0.350 e. The highest BCUT2D eigenvalue weighted by molar-refractivity contribution is 6.77. The topological polar surface area (TPSA) is 48.1 Å². The zero-order valence-electron chi connectivity index (χ0n) is 12.7. The average molecular weight is 323 g/mol. The number of hydrogen-bond donors (Lipinski definition) is 2. The van der Waals surface area contributed by atoms with Crippen LogP contribution in [0.1, 0.15) is 10.5 Å². The second-order valence-corrected chi connectivity index (χ2v) is 12.0. The average Bonchev–Trinajstić information content (AvgIpc) is 2.85. The number of H-pyrrole nitrogens is 1. The van der Waals surface area contributed by atoms with Gasteiger partial charge in [0, 0.05) is 32.6 Å². The van der Waals surface area contributed by atoms with Crippen LogP contribution in [-0.4, -0.2) is 37.1 Å². The molecular formula is C15H19F2N3OSi. The van der Waals surface area contributed by atoms with Crippen molar-refractivity contribution in [2.24, 2.45) is 0 Å². The van der Waals surface area contributed by atoms with Gasteiger partial charge in [-0.2, -0.15) is 0 Å². The van der Waals surface area contributed by atoms with Crippen molar-refractivity contribution in [2.45, 2.75) is 25.2 Å². The number of amides is 1. The number of aromatic nitrogens is 1. The Morgan fingerprint density at radius 1 is 1.23 bits per heavy atom. The normalized spacial score (nSPS) is 18.5. The van der Waals surface area contributed by atoms with Gasteiger partial charge in [0.2, 0.25) is 0 Å². The molecule has 1 aliphatic rings. The second kappa shape index (κ2) is 5.48. The number of fused-ring (bicyclic) bond motifs is 1. The molecule has 4 nitrogen and oxygen atoms in total. The van der Waals surface area contributed by atoms with Gasteiger partial charge in [-0.05, 0) is 24.2 Å². The lowest BCUT2D eigenvalue weighted by atomic mass is 10.2. The highest BCUT2D eigenvalue weighted by atomic mass is 28.3. The van der Waals surface area contributed by atoms with E-state index in [1.54, 1.807) is 0 Å². The number of hydrazine groups is 1. The van der Waals surface area contributed by atoms with Crippen molar-refractivity contribution in [3.05, 3.63) is 35.5 Å². The molecule has 0 bridgehead atoms. The van der Waals surface area contributed by atoms with Crippen LogP contribution in [-0.2, 0) is 0 Å². The molecule has 1 aromatic heterocycles. The van der Waals surface area contributed by atoms with Crippen LogP contribution in [0.4, 0.5) is 8.78 Å². The van der Waals surface area contributed by atoms with Crippen LogP contribution in [0.3, 0.4) is 0 Å². The predicted molar refractivity (Wildman–Crippen MR) is 84.3 cm³/mol. The Morgan fingerprint density at radius 3 is 2.59 bits per heavy atom. The molecule has 22 heavy (non-hydrogen) atoms. The van der Waals surface area contributed by atoms with E-state index >= 15 is 0 Å². The van der Waals surface area contributed by atoms with Gasteiger partial charge in [-0.1, -0.05) is 13.1 Å². The quantitative estimate of drug-likeness (QED) is 0.834. The first-order valence-corrected chi connectivity index (χ1v) is 10.8. The Morgan fingerprint density at radius 2 is 1.91 bits per heavy atom.